The van der Waals surface area contributed by atoms with Crippen molar-refractivity contribution in [2.24, 2.45) is 0 Å². The second-order valence-corrected chi connectivity index (χ2v) is 6.81. The number of hydrogen-bond acceptors (Lipinski definition) is 3. The summed E-state index contributed by atoms with van der Waals surface area (Å²) in [6.07, 6.45) is 1.02. The Labute approximate surface area is 128 Å². The molecule has 0 heterocycles. The predicted octanol–water partition coefficient (Wildman–Crippen LogP) is 3.46. The molecule has 21 heavy (non-hydrogen) atoms. The lowest BCUT2D eigenvalue weighted by molar-refractivity contribution is -0.160. The lowest BCUT2D eigenvalue weighted by atomic mass is 9.84. The molecule has 3 unspecified atom stereocenters. The van der Waals surface area contributed by atoms with E-state index in [1.54, 1.807) is 0 Å². The van der Waals surface area contributed by atoms with Crippen LogP contribution in [-0.4, -0.2) is 30.0 Å². The molecule has 3 atom stereocenters. The summed E-state index contributed by atoms with van der Waals surface area (Å²) in [6.45, 7) is 11.3. The van der Waals surface area contributed by atoms with Gasteiger partial charge in [-0.25, -0.2) is 0 Å². The molecule has 1 aromatic rings. The summed E-state index contributed by atoms with van der Waals surface area (Å²) >= 11 is 0. The van der Waals surface area contributed by atoms with Gasteiger partial charge in [-0.05, 0) is 36.0 Å². The van der Waals surface area contributed by atoms with Crippen LogP contribution in [0.3, 0.4) is 0 Å². The van der Waals surface area contributed by atoms with Crippen LogP contribution in [0.2, 0.25) is 0 Å². The van der Waals surface area contributed by atoms with Crippen LogP contribution in [-0.2, 0) is 16.6 Å². The maximum absolute atomic E-state index is 9.79. The zero-order valence-corrected chi connectivity index (χ0v) is 13.8. The molecule has 0 radical (unpaired) electrons. The molecule has 0 aromatic heterocycles. The summed E-state index contributed by atoms with van der Waals surface area (Å²) in [4.78, 5) is 0. The Morgan fingerprint density at radius 3 is 2.48 bits per heavy atom. The summed E-state index contributed by atoms with van der Waals surface area (Å²) in [5.41, 5.74) is 2.57. The third-order valence-electron chi connectivity index (χ3n) is 4.12. The Hall–Kier alpha value is -1.06. The minimum Gasteiger partial charge on any atom is -0.487 e. The van der Waals surface area contributed by atoms with E-state index in [1.807, 2.05) is 6.92 Å². The number of rotatable bonds is 5. The highest BCUT2D eigenvalue weighted by molar-refractivity contribution is 5.42. The molecule has 0 bridgehead atoms. The van der Waals surface area contributed by atoms with Crippen LogP contribution >= 0.6 is 0 Å². The molecule has 1 fully saturated rings. The second kappa shape index (κ2) is 6.37. The van der Waals surface area contributed by atoms with Gasteiger partial charge in [-0.15, -0.1) is 0 Å². The van der Waals surface area contributed by atoms with E-state index in [4.69, 9.17) is 9.47 Å². The monoisotopic (exact) mass is 292 g/mol. The van der Waals surface area contributed by atoms with Crippen LogP contribution in [0.1, 0.15) is 52.2 Å². The van der Waals surface area contributed by atoms with Crippen LogP contribution in [0.25, 0.3) is 0 Å². The van der Waals surface area contributed by atoms with E-state index < -0.39 is 6.10 Å². The molecule has 2 rings (SSSR count). The summed E-state index contributed by atoms with van der Waals surface area (Å²) in [5, 5.41) is 9.79. The minimum absolute atomic E-state index is 0.0317. The first-order chi connectivity index (χ1) is 9.86. The molecule has 0 amide bonds. The van der Waals surface area contributed by atoms with Gasteiger partial charge < -0.3 is 14.6 Å². The molecule has 1 aromatic carbocycles. The third kappa shape index (κ3) is 3.58. The van der Waals surface area contributed by atoms with Crippen molar-refractivity contribution in [1.82, 2.24) is 0 Å². The molecule has 3 heteroatoms. The summed E-state index contributed by atoms with van der Waals surface area (Å²) in [6, 6.07) is 6.42. The first kappa shape index (κ1) is 16.3. The van der Waals surface area contributed by atoms with Crippen molar-refractivity contribution in [3.8, 4) is 5.75 Å². The Balaban J connectivity index is 2.20. The van der Waals surface area contributed by atoms with Gasteiger partial charge in [0.05, 0.1) is 6.10 Å². The van der Waals surface area contributed by atoms with Gasteiger partial charge in [-0.3, -0.25) is 0 Å². The van der Waals surface area contributed by atoms with Crippen molar-refractivity contribution in [1.29, 1.82) is 0 Å². The molecular weight excluding hydrogens is 264 g/mol. The molecule has 0 saturated heterocycles. The average molecular weight is 292 g/mol. The third-order valence-corrected chi connectivity index (χ3v) is 4.12. The van der Waals surface area contributed by atoms with Gasteiger partial charge in [-0.1, -0.05) is 39.8 Å². The number of ether oxygens (including phenoxy) is 2. The molecule has 1 aliphatic rings. The largest absolute Gasteiger partial charge is 0.487 e. The van der Waals surface area contributed by atoms with Gasteiger partial charge in [-0.2, -0.15) is 0 Å². The zero-order chi connectivity index (χ0) is 15.6. The Kier molecular flexibility index (Phi) is 4.95. The van der Waals surface area contributed by atoms with E-state index in [0.29, 0.717) is 13.0 Å². The quantitative estimate of drug-likeness (QED) is 0.903. The van der Waals surface area contributed by atoms with Crippen LogP contribution in [0, 0.1) is 0 Å². The maximum atomic E-state index is 9.79. The first-order valence-electron chi connectivity index (χ1n) is 7.96. The Bertz CT molecular complexity index is 476. The topological polar surface area (TPSA) is 38.7 Å². The molecule has 118 valence electrons. The first-order valence-corrected chi connectivity index (χ1v) is 7.96. The molecule has 0 aliphatic heterocycles. The van der Waals surface area contributed by atoms with Crippen LogP contribution in [0.15, 0.2) is 18.2 Å². The van der Waals surface area contributed by atoms with E-state index in [1.165, 1.54) is 11.1 Å². The molecule has 1 N–H and O–H groups in total. The molecule has 1 saturated carbocycles. The van der Waals surface area contributed by atoms with Crippen molar-refractivity contribution >= 4 is 0 Å². The van der Waals surface area contributed by atoms with Crippen LogP contribution in [0.5, 0.6) is 5.75 Å². The number of benzene rings is 1. The highest BCUT2D eigenvalue weighted by Crippen LogP contribution is 2.36. The van der Waals surface area contributed by atoms with E-state index in [-0.39, 0.29) is 17.6 Å². The lowest BCUT2D eigenvalue weighted by Crippen LogP contribution is -2.55. The fraction of sp³-hybridized carbons (Fsp3) is 0.667. The minimum atomic E-state index is -0.400. The van der Waals surface area contributed by atoms with Crippen molar-refractivity contribution in [2.75, 3.05) is 6.61 Å². The van der Waals surface area contributed by atoms with Gasteiger partial charge in [0.2, 0.25) is 0 Å². The Morgan fingerprint density at radius 1 is 1.24 bits per heavy atom. The maximum Gasteiger partial charge on any atom is 0.130 e. The highest BCUT2D eigenvalue weighted by atomic mass is 16.6. The van der Waals surface area contributed by atoms with Crippen molar-refractivity contribution in [2.45, 2.75) is 71.2 Å². The normalized spacial score (nSPS) is 25.5. The average Bonchev–Trinajstić information content (AvgIpc) is 2.43. The highest BCUT2D eigenvalue weighted by Gasteiger charge is 2.43. The summed E-state index contributed by atoms with van der Waals surface area (Å²) in [7, 11) is 0. The van der Waals surface area contributed by atoms with Gasteiger partial charge >= 0.3 is 0 Å². The molecule has 3 nitrogen and oxygen atoms in total. The van der Waals surface area contributed by atoms with Crippen molar-refractivity contribution in [3.05, 3.63) is 29.3 Å². The van der Waals surface area contributed by atoms with E-state index in [0.717, 1.165) is 12.2 Å². The fourth-order valence-electron chi connectivity index (χ4n) is 2.73. The lowest BCUT2D eigenvalue weighted by Gasteiger charge is -2.41. The number of hydrogen-bond donors (Lipinski definition) is 1. The SMILES string of the molecule is CCOC1C(O)CC1Oc1ccc(CC)cc1C(C)(C)C. The Morgan fingerprint density at radius 2 is 1.95 bits per heavy atom. The van der Waals surface area contributed by atoms with Gasteiger partial charge in [0.15, 0.2) is 0 Å². The van der Waals surface area contributed by atoms with E-state index in [2.05, 4.69) is 45.9 Å². The van der Waals surface area contributed by atoms with Gasteiger partial charge in [0.1, 0.15) is 18.0 Å². The van der Waals surface area contributed by atoms with Crippen molar-refractivity contribution < 1.29 is 14.6 Å². The fourth-order valence-corrected chi connectivity index (χ4v) is 2.73. The smallest absolute Gasteiger partial charge is 0.130 e. The second-order valence-electron chi connectivity index (χ2n) is 6.81. The van der Waals surface area contributed by atoms with E-state index >= 15 is 0 Å². The number of aliphatic hydroxyl groups is 1. The summed E-state index contributed by atoms with van der Waals surface area (Å²) in [5.74, 6) is 0.918. The standard InChI is InChI=1S/C18H28O3/c1-6-12-8-9-15(13(10-12)18(3,4)5)21-16-11-14(19)17(16)20-7-2/h8-10,14,16-17,19H,6-7,11H2,1-5H3. The molecule has 1 aliphatic carbocycles. The van der Waals surface area contributed by atoms with Crippen molar-refractivity contribution in [3.63, 3.8) is 0 Å². The summed E-state index contributed by atoms with van der Waals surface area (Å²) < 4.78 is 11.7. The van der Waals surface area contributed by atoms with Gasteiger partial charge in [0, 0.05) is 13.0 Å². The van der Waals surface area contributed by atoms with Gasteiger partial charge in [0.25, 0.3) is 0 Å². The predicted molar refractivity (Wildman–Crippen MR) is 85.0 cm³/mol. The molecule has 0 spiro atoms. The van der Waals surface area contributed by atoms with Crippen LogP contribution < -0.4 is 4.74 Å². The van der Waals surface area contributed by atoms with E-state index in [9.17, 15) is 5.11 Å². The number of aryl methyl sites for hydroxylation is 1. The van der Waals surface area contributed by atoms with Crippen LogP contribution in [0.4, 0.5) is 0 Å². The molecular formula is C18H28O3. The number of aliphatic hydroxyl groups excluding tert-OH is 1. The zero-order valence-electron chi connectivity index (χ0n) is 13.8.